The molecule has 3 fully saturated rings. The largest absolute Gasteiger partial charge is 0.321 e. The maximum Gasteiger partial charge on any atom is 0.145 e. The standard InChI is InChI=1S/C22H29NO/c1-20-12-13-22(23)16-7-3-2-6-15(16)8-9-17(22)18(20)14-21(19(20)24)10-4-5-11-21/h2-3,6-7,17-18H,4-5,8-14,23H2,1H3/t17-,18-,20-,22-/m0/s1. The summed E-state index contributed by atoms with van der Waals surface area (Å²) in [5, 5.41) is 0. The first-order chi connectivity index (χ1) is 11.5. The van der Waals surface area contributed by atoms with Gasteiger partial charge in [0.25, 0.3) is 0 Å². The SMILES string of the molecule is C[C@]12CC[C@]3(N)c4ccccc4CC[C@H]3[C@@H]1CC1(CCCC1)C2=O. The summed E-state index contributed by atoms with van der Waals surface area (Å²) < 4.78 is 0. The molecule has 4 atom stereocenters. The van der Waals surface area contributed by atoms with Gasteiger partial charge in [-0.15, -0.1) is 0 Å². The topological polar surface area (TPSA) is 43.1 Å². The molecule has 0 aromatic heterocycles. The van der Waals surface area contributed by atoms with Crippen LogP contribution in [0.3, 0.4) is 0 Å². The Balaban J connectivity index is 1.59. The van der Waals surface area contributed by atoms with Crippen LogP contribution in [-0.4, -0.2) is 5.78 Å². The number of benzene rings is 1. The van der Waals surface area contributed by atoms with Crippen molar-refractivity contribution in [3.8, 4) is 0 Å². The van der Waals surface area contributed by atoms with Crippen LogP contribution in [0.15, 0.2) is 24.3 Å². The number of rotatable bonds is 0. The van der Waals surface area contributed by atoms with E-state index in [2.05, 4.69) is 31.2 Å². The van der Waals surface area contributed by atoms with Crippen LogP contribution in [0, 0.1) is 22.7 Å². The second-order valence-electron chi connectivity index (χ2n) is 9.39. The van der Waals surface area contributed by atoms with Crippen LogP contribution in [0.4, 0.5) is 0 Å². The fraction of sp³-hybridized carbons (Fsp3) is 0.682. The second-order valence-corrected chi connectivity index (χ2v) is 9.39. The number of carbonyl (C=O) groups excluding carboxylic acids is 1. The van der Waals surface area contributed by atoms with E-state index in [-0.39, 0.29) is 16.4 Å². The van der Waals surface area contributed by atoms with Crippen molar-refractivity contribution in [2.24, 2.45) is 28.4 Å². The highest BCUT2D eigenvalue weighted by Gasteiger charge is 2.66. The molecule has 0 bridgehead atoms. The molecule has 1 spiro atoms. The molecule has 24 heavy (non-hydrogen) atoms. The van der Waals surface area contributed by atoms with Crippen LogP contribution < -0.4 is 5.73 Å². The fourth-order valence-electron chi connectivity index (χ4n) is 7.19. The highest BCUT2D eigenvalue weighted by atomic mass is 16.1. The van der Waals surface area contributed by atoms with Crippen molar-refractivity contribution in [2.75, 3.05) is 0 Å². The van der Waals surface area contributed by atoms with Crippen molar-refractivity contribution in [1.82, 2.24) is 0 Å². The number of hydrogen-bond donors (Lipinski definition) is 1. The van der Waals surface area contributed by atoms with Crippen LogP contribution in [-0.2, 0) is 16.8 Å². The first kappa shape index (κ1) is 15.1. The zero-order valence-electron chi connectivity index (χ0n) is 14.8. The third-order valence-electron chi connectivity index (χ3n) is 8.44. The molecular weight excluding hydrogens is 294 g/mol. The Morgan fingerprint density at radius 3 is 2.58 bits per heavy atom. The van der Waals surface area contributed by atoms with E-state index in [0.717, 1.165) is 44.9 Å². The van der Waals surface area contributed by atoms with Gasteiger partial charge in [-0.25, -0.2) is 0 Å². The molecule has 1 aromatic carbocycles. The lowest BCUT2D eigenvalue weighted by molar-refractivity contribution is -0.136. The first-order valence-corrected chi connectivity index (χ1v) is 9.92. The number of fused-ring (bicyclic) bond motifs is 5. The second kappa shape index (κ2) is 4.72. The summed E-state index contributed by atoms with van der Waals surface area (Å²) >= 11 is 0. The van der Waals surface area contributed by atoms with Crippen molar-refractivity contribution in [2.45, 2.75) is 70.3 Å². The van der Waals surface area contributed by atoms with Gasteiger partial charge in [0.15, 0.2) is 0 Å². The summed E-state index contributed by atoms with van der Waals surface area (Å²) in [6, 6.07) is 8.79. The van der Waals surface area contributed by atoms with Gasteiger partial charge in [0, 0.05) is 16.4 Å². The van der Waals surface area contributed by atoms with Gasteiger partial charge in [-0.05, 0) is 67.9 Å². The van der Waals surface area contributed by atoms with E-state index < -0.39 is 0 Å². The number of nitrogens with two attached hydrogens (primary N) is 1. The average molecular weight is 323 g/mol. The highest BCUT2D eigenvalue weighted by Crippen LogP contribution is 2.66. The van der Waals surface area contributed by atoms with Gasteiger partial charge >= 0.3 is 0 Å². The molecule has 2 nitrogen and oxygen atoms in total. The van der Waals surface area contributed by atoms with E-state index in [9.17, 15) is 4.79 Å². The molecule has 0 unspecified atom stereocenters. The van der Waals surface area contributed by atoms with Crippen molar-refractivity contribution in [1.29, 1.82) is 0 Å². The number of ketones is 1. The van der Waals surface area contributed by atoms with E-state index in [1.807, 2.05) is 0 Å². The lowest BCUT2D eigenvalue weighted by Gasteiger charge is -2.54. The minimum absolute atomic E-state index is 0.0155. The molecule has 1 aromatic rings. The van der Waals surface area contributed by atoms with E-state index >= 15 is 0 Å². The van der Waals surface area contributed by atoms with Crippen molar-refractivity contribution < 1.29 is 4.79 Å². The predicted octanol–water partition coefficient (Wildman–Crippen LogP) is 4.35. The first-order valence-electron chi connectivity index (χ1n) is 9.92. The summed E-state index contributed by atoms with van der Waals surface area (Å²) in [5.41, 5.74) is 9.64. The van der Waals surface area contributed by atoms with Crippen molar-refractivity contribution in [3.05, 3.63) is 35.4 Å². The number of Topliss-reactive ketones (excluding diaryl/α,β-unsaturated/α-hetero) is 1. The smallest absolute Gasteiger partial charge is 0.145 e. The van der Waals surface area contributed by atoms with Gasteiger partial charge in [-0.3, -0.25) is 4.79 Å². The van der Waals surface area contributed by atoms with E-state index in [4.69, 9.17) is 5.73 Å². The van der Waals surface area contributed by atoms with Crippen LogP contribution in [0.2, 0.25) is 0 Å². The molecule has 0 amide bonds. The number of hydrogen-bond acceptors (Lipinski definition) is 2. The van der Waals surface area contributed by atoms with Crippen LogP contribution >= 0.6 is 0 Å². The predicted molar refractivity (Wildman–Crippen MR) is 95.5 cm³/mol. The van der Waals surface area contributed by atoms with Gasteiger partial charge in [-0.1, -0.05) is 44.0 Å². The van der Waals surface area contributed by atoms with Crippen molar-refractivity contribution in [3.63, 3.8) is 0 Å². The summed E-state index contributed by atoms with van der Waals surface area (Å²) in [4.78, 5) is 13.5. The Labute approximate surface area is 145 Å². The maximum absolute atomic E-state index is 13.5. The zero-order chi connectivity index (χ0) is 16.6. The monoisotopic (exact) mass is 323 g/mol. The molecule has 3 saturated carbocycles. The van der Waals surface area contributed by atoms with Gasteiger partial charge in [0.1, 0.15) is 5.78 Å². The maximum atomic E-state index is 13.5. The van der Waals surface area contributed by atoms with Gasteiger partial charge in [-0.2, -0.15) is 0 Å². The Morgan fingerprint density at radius 1 is 1.04 bits per heavy atom. The summed E-state index contributed by atoms with van der Waals surface area (Å²) in [5.74, 6) is 1.59. The Hall–Kier alpha value is -1.15. The summed E-state index contributed by atoms with van der Waals surface area (Å²) in [7, 11) is 0. The average Bonchev–Trinajstić information content (AvgIpc) is 3.14. The quantitative estimate of drug-likeness (QED) is 0.771. The summed E-state index contributed by atoms with van der Waals surface area (Å²) in [6.07, 6.45) is 10.1. The van der Waals surface area contributed by atoms with E-state index in [1.165, 1.54) is 24.0 Å². The Kier molecular flexibility index (Phi) is 2.98. The van der Waals surface area contributed by atoms with Crippen LogP contribution in [0.1, 0.15) is 69.4 Å². The summed E-state index contributed by atoms with van der Waals surface area (Å²) in [6.45, 7) is 2.28. The van der Waals surface area contributed by atoms with Gasteiger partial charge < -0.3 is 5.73 Å². The highest BCUT2D eigenvalue weighted by molar-refractivity contribution is 5.93. The molecule has 5 rings (SSSR count). The third kappa shape index (κ3) is 1.68. The van der Waals surface area contributed by atoms with Gasteiger partial charge in [0.05, 0.1) is 0 Å². The molecule has 0 heterocycles. The minimum atomic E-state index is -0.205. The molecule has 2 N–H and O–H groups in total. The van der Waals surface area contributed by atoms with E-state index in [1.54, 1.807) is 0 Å². The Bertz CT molecular complexity index is 704. The third-order valence-corrected chi connectivity index (χ3v) is 8.44. The normalized spacial score (nSPS) is 42.7. The number of aryl methyl sites for hydroxylation is 1. The molecular formula is C22H29NO. The lowest BCUT2D eigenvalue weighted by atomic mass is 9.52. The van der Waals surface area contributed by atoms with Gasteiger partial charge in [0.2, 0.25) is 0 Å². The van der Waals surface area contributed by atoms with E-state index in [0.29, 0.717) is 17.6 Å². The van der Waals surface area contributed by atoms with Crippen LogP contribution in [0.5, 0.6) is 0 Å². The minimum Gasteiger partial charge on any atom is -0.321 e. The molecule has 4 aliphatic rings. The molecule has 0 aliphatic heterocycles. The zero-order valence-corrected chi connectivity index (χ0v) is 14.8. The lowest BCUT2D eigenvalue weighted by Crippen LogP contribution is -2.57. The van der Waals surface area contributed by atoms with Crippen LogP contribution in [0.25, 0.3) is 0 Å². The molecule has 0 radical (unpaired) electrons. The molecule has 128 valence electrons. The Morgan fingerprint density at radius 2 is 1.79 bits per heavy atom. The fourth-order valence-corrected chi connectivity index (χ4v) is 7.19. The van der Waals surface area contributed by atoms with Crippen molar-refractivity contribution >= 4 is 5.78 Å². The number of carbonyl (C=O) groups is 1. The molecule has 4 aliphatic carbocycles. The molecule has 2 heteroatoms. The molecule has 0 saturated heterocycles.